The fraction of sp³-hybridized carbons (Fsp3) is 0.800. The maximum atomic E-state index is 11.8. The van der Waals surface area contributed by atoms with Crippen LogP contribution in [0, 0.1) is 5.92 Å². The standard InChI is InChI=1S/C15H23N3O3/c19-12(10-3-1-2-4-10)9-16-13(20)7-8-14-17-15(18-21-14)11-5-6-11/h10-12,19H,1-9H2,(H,16,20). The number of nitrogens with one attached hydrogen (secondary N) is 1. The molecule has 2 fully saturated rings. The van der Waals surface area contributed by atoms with E-state index in [1.165, 1.54) is 12.8 Å². The van der Waals surface area contributed by atoms with Gasteiger partial charge in [-0.2, -0.15) is 4.98 Å². The number of amides is 1. The van der Waals surface area contributed by atoms with Gasteiger partial charge in [-0.3, -0.25) is 4.79 Å². The third-order valence-electron chi connectivity index (χ3n) is 4.44. The Hall–Kier alpha value is -1.43. The Balaban J connectivity index is 1.35. The summed E-state index contributed by atoms with van der Waals surface area (Å²) in [6.07, 6.45) is 7.17. The first-order valence-corrected chi connectivity index (χ1v) is 7.99. The van der Waals surface area contributed by atoms with E-state index in [4.69, 9.17) is 4.52 Å². The lowest BCUT2D eigenvalue weighted by Crippen LogP contribution is -2.35. The largest absolute Gasteiger partial charge is 0.391 e. The molecule has 116 valence electrons. The van der Waals surface area contributed by atoms with Crippen molar-refractivity contribution >= 4 is 5.91 Å². The zero-order valence-electron chi connectivity index (χ0n) is 12.3. The Morgan fingerprint density at radius 1 is 1.33 bits per heavy atom. The van der Waals surface area contributed by atoms with Crippen molar-refractivity contribution in [2.75, 3.05) is 6.54 Å². The van der Waals surface area contributed by atoms with Gasteiger partial charge >= 0.3 is 0 Å². The number of nitrogens with zero attached hydrogens (tertiary/aromatic N) is 2. The van der Waals surface area contributed by atoms with Crippen LogP contribution >= 0.6 is 0 Å². The van der Waals surface area contributed by atoms with Gasteiger partial charge in [-0.25, -0.2) is 0 Å². The highest BCUT2D eigenvalue weighted by Gasteiger charge is 2.28. The van der Waals surface area contributed by atoms with Crippen molar-refractivity contribution in [2.24, 2.45) is 5.92 Å². The van der Waals surface area contributed by atoms with E-state index in [-0.39, 0.29) is 5.91 Å². The minimum absolute atomic E-state index is 0.0711. The van der Waals surface area contributed by atoms with Gasteiger partial charge < -0.3 is 14.9 Å². The highest BCUT2D eigenvalue weighted by atomic mass is 16.5. The Bertz CT molecular complexity index is 478. The summed E-state index contributed by atoms with van der Waals surface area (Å²) in [6, 6.07) is 0. The van der Waals surface area contributed by atoms with Crippen LogP contribution in [0.25, 0.3) is 0 Å². The lowest BCUT2D eigenvalue weighted by Gasteiger charge is -2.17. The van der Waals surface area contributed by atoms with Crippen LogP contribution in [-0.4, -0.2) is 33.8 Å². The second-order valence-corrected chi connectivity index (χ2v) is 6.24. The van der Waals surface area contributed by atoms with Gasteiger partial charge in [0.15, 0.2) is 5.82 Å². The zero-order chi connectivity index (χ0) is 14.7. The van der Waals surface area contributed by atoms with Gasteiger partial charge in [-0.15, -0.1) is 0 Å². The van der Waals surface area contributed by atoms with Gasteiger partial charge in [-0.05, 0) is 31.6 Å². The number of aliphatic hydroxyl groups is 1. The van der Waals surface area contributed by atoms with E-state index in [0.717, 1.165) is 31.5 Å². The third kappa shape index (κ3) is 4.03. The lowest BCUT2D eigenvalue weighted by atomic mass is 10.0. The molecule has 0 bridgehead atoms. The van der Waals surface area contributed by atoms with E-state index in [1.54, 1.807) is 0 Å². The summed E-state index contributed by atoms with van der Waals surface area (Å²) in [6.45, 7) is 0.348. The van der Waals surface area contributed by atoms with Gasteiger partial charge in [0.1, 0.15) is 0 Å². The predicted molar refractivity (Wildman–Crippen MR) is 75.6 cm³/mol. The topological polar surface area (TPSA) is 88.2 Å². The Kier molecular flexibility index (Phi) is 4.53. The molecule has 21 heavy (non-hydrogen) atoms. The van der Waals surface area contributed by atoms with Crippen LogP contribution in [0.1, 0.15) is 62.6 Å². The smallest absolute Gasteiger partial charge is 0.227 e. The average Bonchev–Trinajstić information content (AvgIpc) is 3.02. The van der Waals surface area contributed by atoms with Gasteiger partial charge in [0.25, 0.3) is 0 Å². The SMILES string of the molecule is O=C(CCc1nc(C2CC2)no1)NCC(O)C1CCCC1. The minimum atomic E-state index is -0.415. The molecule has 0 spiro atoms. The van der Waals surface area contributed by atoms with Crippen molar-refractivity contribution < 1.29 is 14.4 Å². The first kappa shape index (κ1) is 14.5. The number of hydrogen-bond donors (Lipinski definition) is 2. The van der Waals surface area contributed by atoms with Crippen molar-refractivity contribution in [1.29, 1.82) is 0 Å². The summed E-state index contributed by atoms with van der Waals surface area (Å²) in [5.41, 5.74) is 0. The Labute approximate surface area is 124 Å². The van der Waals surface area contributed by atoms with Crippen LogP contribution in [0.5, 0.6) is 0 Å². The summed E-state index contributed by atoms with van der Waals surface area (Å²) in [4.78, 5) is 16.1. The molecule has 1 atom stereocenters. The fourth-order valence-corrected chi connectivity index (χ4v) is 2.91. The normalized spacial score (nSPS) is 20.6. The van der Waals surface area contributed by atoms with E-state index >= 15 is 0 Å². The number of carbonyl (C=O) groups is 1. The molecule has 1 aromatic heterocycles. The van der Waals surface area contributed by atoms with Crippen molar-refractivity contribution in [3.63, 3.8) is 0 Å². The molecule has 0 radical (unpaired) electrons. The molecular formula is C15H23N3O3. The van der Waals surface area contributed by atoms with Crippen LogP contribution in [0.2, 0.25) is 0 Å². The van der Waals surface area contributed by atoms with Crippen LogP contribution < -0.4 is 5.32 Å². The second kappa shape index (κ2) is 6.56. The first-order valence-electron chi connectivity index (χ1n) is 7.99. The average molecular weight is 293 g/mol. The minimum Gasteiger partial charge on any atom is -0.391 e. The fourth-order valence-electron chi connectivity index (χ4n) is 2.91. The summed E-state index contributed by atoms with van der Waals surface area (Å²) in [5.74, 6) is 2.06. The van der Waals surface area contributed by atoms with Crippen molar-refractivity contribution in [2.45, 2.75) is 63.4 Å². The second-order valence-electron chi connectivity index (χ2n) is 6.24. The monoisotopic (exact) mass is 293 g/mol. The number of hydrogen-bond acceptors (Lipinski definition) is 5. The number of carbonyl (C=O) groups excluding carboxylic acids is 1. The molecule has 0 aliphatic heterocycles. The maximum absolute atomic E-state index is 11.8. The molecule has 2 N–H and O–H groups in total. The summed E-state index contributed by atoms with van der Waals surface area (Å²) in [7, 11) is 0. The van der Waals surface area contributed by atoms with Crippen molar-refractivity contribution in [1.82, 2.24) is 15.5 Å². The number of rotatable bonds is 7. The molecule has 1 unspecified atom stereocenters. The van der Waals surface area contributed by atoms with E-state index in [9.17, 15) is 9.90 Å². The number of aryl methyl sites for hydroxylation is 1. The van der Waals surface area contributed by atoms with E-state index in [2.05, 4.69) is 15.5 Å². The van der Waals surface area contributed by atoms with Gasteiger partial charge in [-0.1, -0.05) is 18.0 Å². The third-order valence-corrected chi connectivity index (χ3v) is 4.44. The molecule has 1 aromatic rings. The molecule has 0 aromatic carbocycles. The first-order chi connectivity index (χ1) is 10.2. The molecule has 0 saturated heterocycles. The van der Waals surface area contributed by atoms with Gasteiger partial charge in [0, 0.05) is 25.3 Å². The Morgan fingerprint density at radius 3 is 2.81 bits per heavy atom. The molecule has 2 aliphatic rings. The van der Waals surface area contributed by atoms with Crippen LogP contribution in [0.15, 0.2) is 4.52 Å². The van der Waals surface area contributed by atoms with Crippen LogP contribution in [-0.2, 0) is 11.2 Å². The molecule has 3 rings (SSSR count). The number of aliphatic hydroxyl groups excluding tert-OH is 1. The molecular weight excluding hydrogens is 270 g/mol. The quantitative estimate of drug-likeness (QED) is 0.796. The van der Waals surface area contributed by atoms with Crippen molar-refractivity contribution in [3.05, 3.63) is 11.7 Å². The van der Waals surface area contributed by atoms with Gasteiger partial charge in [0.2, 0.25) is 11.8 Å². The molecule has 2 saturated carbocycles. The molecule has 6 heteroatoms. The zero-order valence-corrected chi connectivity index (χ0v) is 12.3. The molecule has 1 heterocycles. The Morgan fingerprint density at radius 2 is 2.10 bits per heavy atom. The number of aromatic nitrogens is 2. The molecule has 1 amide bonds. The highest BCUT2D eigenvalue weighted by Crippen LogP contribution is 2.38. The van der Waals surface area contributed by atoms with Gasteiger partial charge in [0.05, 0.1) is 6.10 Å². The van der Waals surface area contributed by atoms with Crippen LogP contribution in [0.3, 0.4) is 0 Å². The summed E-state index contributed by atoms with van der Waals surface area (Å²) >= 11 is 0. The van der Waals surface area contributed by atoms with E-state index in [1.807, 2.05) is 0 Å². The maximum Gasteiger partial charge on any atom is 0.227 e. The van der Waals surface area contributed by atoms with E-state index in [0.29, 0.717) is 37.1 Å². The molecule has 2 aliphatic carbocycles. The summed E-state index contributed by atoms with van der Waals surface area (Å²) in [5, 5.41) is 16.7. The highest BCUT2D eigenvalue weighted by molar-refractivity contribution is 5.76. The lowest BCUT2D eigenvalue weighted by molar-refractivity contribution is -0.121. The summed E-state index contributed by atoms with van der Waals surface area (Å²) < 4.78 is 5.13. The predicted octanol–water partition coefficient (Wildman–Crippen LogP) is 1.55. The molecule has 6 nitrogen and oxygen atoms in total. The van der Waals surface area contributed by atoms with Crippen LogP contribution in [0.4, 0.5) is 0 Å². The van der Waals surface area contributed by atoms with E-state index < -0.39 is 6.10 Å². The van der Waals surface area contributed by atoms with Crippen molar-refractivity contribution in [3.8, 4) is 0 Å².